The van der Waals surface area contributed by atoms with Gasteiger partial charge in [-0.3, -0.25) is 10.2 Å². The lowest BCUT2D eigenvalue weighted by atomic mass is 10.5. The molecule has 0 aliphatic heterocycles. The van der Waals surface area contributed by atoms with E-state index in [-0.39, 0.29) is 18.3 Å². The molecule has 0 radical (unpaired) electrons. The van der Waals surface area contributed by atoms with Crippen molar-refractivity contribution in [2.45, 2.75) is 6.92 Å². The summed E-state index contributed by atoms with van der Waals surface area (Å²) in [5.41, 5.74) is 2.44. The molecule has 0 saturated carbocycles. The summed E-state index contributed by atoms with van der Waals surface area (Å²) >= 11 is 0. The van der Waals surface area contributed by atoms with Gasteiger partial charge in [0.05, 0.1) is 6.61 Å². The second-order valence-electron chi connectivity index (χ2n) is 2.46. The monoisotopic (exact) mass is 222 g/mol. The molecule has 0 spiro atoms. The molecule has 0 aliphatic rings. The normalized spacial score (nSPS) is 9.71. The van der Waals surface area contributed by atoms with Crippen molar-refractivity contribution >= 4 is 24.3 Å². The van der Waals surface area contributed by atoms with E-state index in [9.17, 15) is 9.59 Å². The number of rotatable bonds is 4. The van der Waals surface area contributed by atoms with Gasteiger partial charge in [-0.25, -0.2) is 9.80 Å². The zero-order valence-electron chi connectivity index (χ0n) is 8.44. The number of esters is 1. The number of ether oxygens (including phenoxy) is 1. The van der Waals surface area contributed by atoms with E-state index in [1.165, 1.54) is 5.01 Å². The lowest BCUT2D eigenvalue weighted by Gasteiger charge is -2.08. The van der Waals surface area contributed by atoms with E-state index < -0.39 is 5.97 Å². The van der Waals surface area contributed by atoms with Crippen molar-refractivity contribution in [2.75, 3.05) is 20.7 Å². The molecular weight excluding hydrogens is 208 g/mol. The highest BCUT2D eigenvalue weighted by Gasteiger charge is 1.98. The molecule has 0 rings (SSSR count). The molecule has 0 atom stereocenters. The zero-order valence-corrected chi connectivity index (χ0v) is 9.26. The minimum Gasteiger partial charge on any atom is -0.463 e. The van der Waals surface area contributed by atoms with Gasteiger partial charge < -0.3 is 4.74 Å². The Labute approximate surface area is 89.5 Å². The summed E-state index contributed by atoms with van der Waals surface area (Å²) in [5.74, 6) is -0.880. The minimum absolute atomic E-state index is 0. The molecule has 1 N–H and O–H groups in total. The van der Waals surface area contributed by atoms with Gasteiger partial charge in [0.25, 0.3) is 5.91 Å². The Morgan fingerprint density at radius 1 is 1.36 bits per heavy atom. The number of hydrogen-bond acceptors (Lipinski definition) is 4. The van der Waals surface area contributed by atoms with Gasteiger partial charge in [-0.2, -0.15) is 0 Å². The topological polar surface area (TPSA) is 58.6 Å². The Kier molecular flexibility index (Phi) is 9.38. The summed E-state index contributed by atoms with van der Waals surface area (Å²) in [6.45, 7) is 2.00. The van der Waals surface area contributed by atoms with Gasteiger partial charge in [-0.15, -0.1) is 12.4 Å². The largest absolute Gasteiger partial charge is 0.463 e. The smallest absolute Gasteiger partial charge is 0.330 e. The van der Waals surface area contributed by atoms with Crippen LogP contribution in [0.2, 0.25) is 0 Å². The predicted octanol–water partition coefficient (Wildman–Crippen LogP) is 0.120. The van der Waals surface area contributed by atoms with Crippen LogP contribution in [-0.4, -0.2) is 37.6 Å². The number of carbonyl (C=O) groups excluding carboxylic acids is 2. The number of nitrogens with one attached hydrogen (secondary N) is 1. The Hall–Kier alpha value is -1.07. The number of hydrogen-bond donors (Lipinski definition) is 1. The molecule has 0 fully saturated rings. The molecule has 82 valence electrons. The first-order chi connectivity index (χ1) is 6.06. The van der Waals surface area contributed by atoms with Gasteiger partial charge >= 0.3 is 5.97 Å². The van der Waals surface area contributed by atoms with Crippen molar-refractivity contribution in [3.63, 3.8) is 0 Å². The van der Waals surface area contributed by atoms with Crippen molar-refractivity contribution < 1.29 is 14.3 Å². The third-order valence-corrected chi connectivity index (χ3v) is 0.991. The first-order valence-electron chi connectivity index (χ1n) is 3.89. The third kappa shape index (κ3) is 9.02. The highest BCUT2D eigenvalue weighted by atomic mass is 35.5. The Bertz CT molecular complexity index is 217. The average Bonchev–Trinajstić information content (AvgIpc) is 2.00. The van der Waals surface area contributed by atoms with Crippen LogP contribution in [0.15, 0.2) is 12.2 Å². The van der Waals surface area contributed by atoms with E-state index in [2.05, 4.69) is 10.2 Å². The molecule has 0 aromatic rings. The molecular formula is C8H15ClN2O3. The minimum atomic E-state index is -0.517. The van der Waals surface area contributed by atoms with Crippen LogP contribution in [0.25, 0.3) is 0 Å². The molecule has 5 nitrogen and oxygen atoms in total. The molecule has 0 saturated heterocycles. The highest BCUT2D eigenvalue weighted by molar-refractivity contribution is 5.94. The van der Waals surface area contributed by atoms with Crippen LogP contribution in [-0.2, 0) is 14.3 Å². The van der Waals surface area contributed by atoms with Gasteiger partial charge in [0.2, 0.25) is 0 Å². The average molecular weight is 223 g/mol. The van der Waals surface area contributed by atoms with Gasteiger partial charge in [-0.05, 0) is 6.92 Å². The Morgan fingerprint density at radius 3 is 2.36 bits per heavy atom. The van der Waals surface area contributed by atoms with Crippen LogP contribution in [0, 0.1) is 0 Å². The number of amides is 1. The van der Waals surface area contributed by atoms with Crippen LogP contribution >= 0.6 is 12.4 Å². The Morgan fingerprint density at radius 2 is 1.93 bits per heavy atom. The maximum Gasteiger partial charge on any atom is 0.330 e. The molecule has 0 unspecified atom stereocenters. The van der Waals surface area contributed by atoms with E-state index in [4.69, 9.17) is 0 Å². The van der Waals surface area contributed by atoms with E-state index in [1.54, 1.807) is 21.0 Å². The van der Waals surface area contributed by atoms with Gasteiger partial charge in [0.1, 0.15) is 0 Å². The molecule has 0 aromatic carbocycles. The molecule has 0 aromatic heterocycles. The van der Waals surface area contributed by atoms with Crippen LogP contribution in [0.5, 0.6) is 0 Å². The summed E-state index contributed by atoms with van der Waals surface area (Å²) in [6.07, 6.45) is 2.21. The fourth-order valence-corrected chi connectivity index (χ4v) is 0.592. The first-order valence-corrected chi connectivity index (χ1v) is 3.89. The maximum atomic E-state index is 10.9. The van der Waals surface area contributed by atoms with Crippen LogP contribution in [0.3, 0.4) is 0 Å². The van der Waals surface area contributed by atoms with E-state index in [0.717, 1.165) is 12.2 Å². The number of hydrazine groups is 1. The van der Waals surface area contributed by atoms with Crippen molar-refractivity contribution in [2.24, 2.45) is 0 Å². The SMILES string of the molecule is CCOC(=O)C=CC(=O)NN(C)C.Cl. The molecule has 6 heteroatoms. The lowest BCUT2D eigenvalue weighted by molar-refractivity contribution is -0.137. The van der Waals surface area contributed by atoms with E-state index in [1.807, 2.05) is 0 Å². The van der Waals surface area contributed by atoms with Gasteiger partial charge in [-0.1, -0.05) is 0 Å². The summed E-state index contributed by atoms with van der Waals surface area (Å²) < 4.78 is 4.58. The van der Waals surface area contributed by atoms with Gasteiger partial charge in [0, 0.05) is 26.2 Å². The molecule has 14 heavy (non-hydrogen) atoms. The fourth-order valence-electron chi connectivity index (χ4n) is 0.592. The highest BCUT2D eigenvalue weighted by Crippen LogP contribution is 1.81. The quantitative estimate of drug-likeness (QED) is 0.417. The predicted molar refractivity (Wildman–Crippen MR) is 54.9 cm³/mol. The summed E-state index contributed by atoms with van der Waals surface area (Å²) in [6, 6.07) is 0. The Balaban J connectivity index is 0. The van der Waals surface area contributed by atoms with Crippen LogP contribution in [0.1, 0.15) is 6.92 Å². The lowest BCUT2D eigenvalue weighted by Crippen LogP contribution is -2.34. The summed E-state index contributed by atoms with van der Waals surface area (Å²) in [5, 5.41) is 1.48. The molecule has 0 heterocycles. The first kappa shape index (κ1) is 15.4. The van der Waals surface area contributed by atoms with Crippen molar-refractivity contribution in [3.05, 3.63) is 12.2 Å². The van der Waals surface area contributed by atoms with Crippen molar-refractivity contribution in [3.8, 4) is 0 Å². The van der Waals surface area contributed by atoms with Crippen LogP contribution < -0.4 is 5.43 Å². The second-order valence-corrected chi connectivity index (χ2v) is 2.46. The summed E-state index contributed by atoms with van der Waals surface area (Å²) in [7, 11) is 3.35. The second kappa shape index (κ2) is 8.52. The summed E-state index contributed by atoms with van der Waals surface area (Å²) in [4.78, 5) is 21.6. The number of halogens is 1. The third-order valence-electron chi connectivity index (χ3n) is 0.991. The molecule has 0 bridgehead atoms. The van der Waals surface area contributed by atoms with Crippen molar-refractivity contribution in [1.82, 2.24) is 10.4 Å². The van der Waals surface area contributed by atoms with Crippen LogP contribution in [0.4, 0.5) is 0 Å². The van der Waals surface area contributed by atoms with Crippen molar-refractivity contribution in [1.29, 1.82) is 0 Å². The molecule has 0 aliphatic carbocycles. The number of nitrogens with zero attached hydrogens (tertiary/aromatic N) is 1. The maximum absolute atomic E-state index is 10.9. The van der Waals surface area contributed by atoms with Gasteiger partial charge in [0.15, 0.2) is 0 Å². The van der Waals surface area contributed by atoms with E-state index in [0.29, 0.717) is 6.61 Å². The molecule has 1 amide bonds. The fraction of sp³-hybridized carbons (Fsp3) is 0.500. The standard InChI is InChI=1S/C8H14N2O3.ClH/c1-4-13-8(12)6-5-7(11)9-10(2)3;/h5-6H,4H2,1-3H3,(H,9,11);1H. The number of carbonyl (C=O) groups is 2. The zero-order chi connectivity index (χ0) is 10.3. The van der Waals surface area contributed by atoms with E-state index >= 15 is 0 Å².